The molecule has 96 valence electrons. The Morgan fingerprint density at radius 3 is 2.47 bits per heavy atom. The van der Waals surface area contributed by atoms with Crippen molar-refractivity contribution in [1.29, 1.82) is 0 Å². The van der Waals surface area contributed by atoms with Crippen molar-refractivity contribution in [2.45, 2.75) is 13.8 Å². The largest absolute Gasteiger partial charge is 0.469 e. The van der Waals surface area contributed by atoms with Crippen molar-refractivity contribution in [2.24, 2.45) is 0 Å². The molecule has 19 heavy (non-hydrogen) atoms. The first-order chi connectivity index (χ1) is 9.18. The summed E-state index contributed by atoms with van der Waals surface area (Å²) in [7, 11) is 0. The van der Waals surface area contributed by atoms with Crippen LogP contribution in [0, 0.1) is 13.8 Å². The number of nitrogens with two attached hydrogens (primary N) is 1. The van der Waals surface area contributed by atoms with Crippen LogP contribution in [0.1, 0.15) is 11.3 Å². The third kappa shape index (κ3) is 1.81. The van der Waals surface area contributed by atoms with E-state index in [1.54, 1.807) is 10.9 Å². The molecule has 0 bridgehead atoms. The molecule has 0 fully saturated rings. The molecular weight excluding hydrogens is 238 g/mol. The van der Waals surface area contributed by atoms with E-state index in [0.29, 0.717) is 5.82 Å². The van der Waals surface area contributed by atoms with Gasteiger partial charge in [-0.2, -0.15) is 5.10 Å². The van der Waals surface area contributed by atoms with Gasteiger partial charge >= 0.3 is 0 Å². The summed E-state index contributed by atoms with van der Waals surface area (Å²) in [5, 5.41) is 4.61. The molecule has 3 aromatic rings. The fourth-order valence-corrected chi connectivity index (χ4v) is 2.16. The Bertz CT molecular complexity index is 710. The molecule has 0 atom stereocenters. The van der Waals surface area contributed by atoms with Gasteiger partial charge in [-0.05, 0) is 32.0 Å². The molecule has 0 saturated carbocycles. The summed E-state index contributed by atoms with van der Waals surface area (Å²) in [4.78, 5) is 0. The van der Waals surface area contributed by atoms with Gasteiger partial charge in [0.25, 0.3) is 0 Å². The molecule has 0 radical (unpaired) electrons. The predicted molar refractivity (Wildman–Crippen MR) is 75.2 cm³/mol. The zero-order chi connectivity index (χ0) is 13.4. The minimum Gasteiger partial charge on any atom is -0.469 e. The number of hydrogen-bond donors (Lipinski definition) is 1. The lowest BCUT2D eigenvalue weighted by Gasteiger charge is -2.02. The summed E-state index contributed by atoms with van der Waals surface area (Å²) < 4.78 is 7.10. The zero-order valence-corrected chi connectivity index (χ0v) is 10.9. The van der Waals surface area contributed by atoms with E-state index >= 15 is 0 Å². The number of anilines is 1. The first kappa shape index (κ1) is 11.6. The molecule has 0 amide bonds. The molecule has 3 rings (SSSR count). The normalized spacial score (nSPS) is 10.8. The summed E-state index contributed by atoms with van der Waals surface area (Å²) in [6, 6.07) is 11.8. The average molecular weight is 253 g/mol. The number of rotatable bonds is 2. The Hall–Kier alpha value is -2.49. The molecule has 2 N–H and O–H groups in total. The van der Waals surface area contributed by atoms with Crippen LogP contribution in [0.15, 0.2) is 47.1 Å². The maximum Gasteiger partial charge on any atom is 0.130 e. The highest BCUT2D eigenvalue weighted by atomic mass is 16.3. The van der Waals surface area contributed by atoms with Crippen LogP contribution in [0.5, 0.6) is 0 Å². The Labute approximate surface area is 111 Å². The first-order valence-corrected chi connectivity index (χ1v) is 6.13. The SMILES string of the molecule is Cc1occc1-c1nn(-c2ccccc2)c(N)c1C. The van der Waals surface area contributed by atoms with Gasteiger partial charge in [0.2, 0.25) is 0 Å². The van der Waals surface area contributed by atoms with Crippen molar-refractivity contribution in [2.75, 3.05) is 5.73 Å². The van der Waals surface area contributed by atoms with Gasteiger partial charge in [-0.15, -0.1) is 0 Å². The molecule has 1 aromatic carbocycles. The molecule has 4 nitrogen and oxygen atoms in total. The topological polar surface area (TPSA) is 57.0 Å². The maximum absolute atomic E-state index is 6.16. The van der Waals surface area contributed by atoms with Gasteiger partial charge in [0.15, 0.2) is 0 Å². The van der Waals surface area contributed by atoms with Crippen LogP contribution in [0.3, 0.4) is 0 Å². The third-order valence-electron chi connectivity index (χ3n) is 3.28. The van der Waals surface area contributed by atoms with Crippen molar-refractivity contribution < 1.29 is 4.42 Å². The monoisotopic (exact) mass is 253 g/mol. The minimum absolute atomic E-state index is 0.654. The molecule has 0 unspecified atom stereocenters. The van der Waals surface area contributed by atoms with Gasteiger partial charge in [0.05, 0.1) is 12.0 Å². The number of furan rings is 1. The van der Waals surface area contributed by atoms with E-state index in [0.717, 1.165) is 28.3 Å². The van der Waals surface area contributed by atoms with E-state index in [9.17, 15) is 0 Å². The van der Waals surface area contributed by atoms with Crippen LogP contribution in [-0.2, 0) is 0 Å². The highest BCUT2D eigenvalue weighted by Gasteiger charge is 2.17. The smallest absolute Gasteiger partial charge is 0.130 e. The lowest BCUT2D eigenvalue weighted by Crippen LogP contribution is -2.01. The van der Waals surface area contributed by atoms with E-state index in [4.69, 9.17) is 10.2 Å². The molecular formula is C15H15N3O. The summed E-state index contributed by atoms with van der Waals surface area (Å²) in [5.74, 6) is 1.50. The zero-order valence-electron chi connectivity index (χ0n) is 10.9. The Morgan fingerprint density at radius 1 is 1.11 bits per heavy atom. The van der Waals surface area contributed by atoms with E-state index in [1.165, 1.54) is 0 Å². The number of hydrogen-bond acceptors (Lipinski definition) is 3. The van der Waals surface area contributed by atoms with Crippen LogP contribution >= 0.6 is 0 Å². The molecule has 0 aliphatic carbocycles. The van der Waals surface area contributed by atoms with Crippen LogP contribution in [0.4, 0.5) is 5.82 Å². The summed E-state index contributed by atoms with van der Waals surface area (Å²) in [6.45, 7) is 3.90. The average Bonchev–Trinajstić information content (AvgIpc) is 2.97. The number of benzene rings is 1. The minimum atomic E-state index is 0.654. The van der Waals surface area contributed by atoms with Crippen molar-refractivity contribution in [3.8, 4) is 16.9 Å². The number of nitrogen functional groups attached to an aromatic ring is 1. The highest BCUT2D eigenvalue weighted by molar-refractivity contribution is 5.70. The van der Waals surface area contributed by atoms with Crippen LogP contribution < -0.4 is 5.73 Å². The molecule has 0 aliphatic heterocycles. The molecule has 4 heteroatoms. The van der Waals surface area contributed by atoms with Gasteiger partial charge in [0.1, 0.15) is 17.3 Å². The standard InChI is InChI=1S/C15H15N3O/c1-10-14(13-8-9-19-11(13)2)17-18(15(10)16)12-6-4-3-5-7-12/h3-9H,16H2,1-2H3. The van der Waals surface area contributed by atoms with Crippen molar-refractivity contribution in [3.63, 3.8) is 0 Å². The lowest BCUT2D eigenvalue weighted by molar-refractivity contribution is 0.535. The number of aromatic nitrogens is 2. The second-order valence-corrected chi connectivity index (χ2v) is 4.50. The molecule has 2 aromatic heterocycles. The molecule has 0 spiro atoms. The summed E-state index contributed by atoms with van der Waals surface area (Å²) >= 11 is 0. The first-order valence-electron chi connectivity index (χ1n) is 6.13. The van der Waals surface area contributed by atoms with E-state index in [2.05, 4.69) is 5.10 Å². The molecule has 0 aliphatic rings. The molecule has 0 saturated heterocycles. The van der Waals surface area contributed by atoms with Gasteiger partial charge in [-0.1, -0.05) is 18.2 Å². The van der Waals surface area contributed by atoms with Crippen molar-refractivity contribution in [1.82, 2.24) is 9.78 Å². The predicted octanol–water partition coefficient (Wildman–Crippen LogP) is 3.33. The van der Waals surface area contributed by atoms with Gasteiger partial charge < -0.3 is 10.2 Å². The second kappa shape index (κ2) is 4.31. The lowest BCUT2D eigenvalue weighted by atomic mass is 10.1. The van der Waals surface area contributed by atoms with Gasteiger partial charge in [-0.25, -0.2) is 4.68 Å². The van der Waals surface area contributed by atoms with Gasteiger partial charge in [-0.3, -0.25) is 0 Å². The quantitative estimate of drug-likeness (QED) is 0.762. The molecule has 2 heterocycles. The highest BCUT2D eigenvalue weighted by Crippen LogP contribution is 2.30. The van der Waals surface area contributed by atoms with Crippen LogP contribution in [-0.4, -0.2) is 9.78 Å². The number of aryl methyl sites for hydroxylation is 1. The van der Waals surface area contributed by atoms with Gasteiger partial charge in [0, 0.05) is 11.1 Å². The van der Waals surface area contributed by atoms with Crippen LogP contribution in [0.25, 0.3) is 16.9 Å². The fraction of sp³-hybridized carbons (Fsp3) is 0.133. The van der Waals surface area contributed by atoms with E-state index in [-0.39, 0.29) is 0 Å². The van der Waals surface area contributed by atoms with Crippen molar-refractivity contribution >= 4 is 5.82 Å². The second-order valence-electron chi connectivity index (χ2n) is 4.50. The number of para-hydroxylation sites is 1. The fourth-order valence-electron chi connectivity index (χ4n) is 2.16. The number of nitrogens with zero attached hydrogens (tertiary/aromatic N) is 2. The summed E-state index contributed by atoms with van der Waals surface area (Å²) in [5.41, 5.74) is 9.93. The third-order valence-corrected chi connectivity index (χ3v) is 3.28. The Morgan fingerprint density at radius 2 is 1.84 bits per heavy atom. The van der Waals surface area contributed by atoms with Crippen molar-refractivity contribution in [3.05, 3.63) is 54.0 Å². The Balaban J connectivity index is 2.18. The van der Waals surface area contributed by atoms with E-state index < -0.39 is 0 Å². The van der Waals surface area contributed by atoms with E-state index in [1.807, 2.05) is 50.2 Å². The summed E-state index contributed by atoms with van der Waals surface area (Å²) in [6.07, 6.45) is 1.67. The maximum atomic E-state index is 6.16. The Kier molecular flexibility index (Phi) is 2.63. The van der Waals surface area contributed by atoms with Crippen LogP contribution in [0.2, 0.25) is 0 Å².